The predicted molar refractivity (Wildman–Crippen MR) is 115 cm³/mol. The van der Waals surface area contributed by atoms with Crippen LogP contribution in [-0.2, 0) is 21.4 Å². The van der Waals surface area contributed by atoms with E-state index in [1.54, 1.807) is 20.9 Å². The van der Waals surface area contributed by atoms with Crippen LogP contribution in [0.25, 0.3) is 5.69 Å². The Bertz CT molecular complexity index is 965. The molecular weight excluding hydrogens is 418 g/mol. The lowest BCUT2D eigenvalue weighted by Crippen LogP contribution is -2.55. The Morgan fingerprint density at radius 1 is 1.06 bits per heavy atom. The van der Waals surface area contributed by atoms with Gasteiger partial charge in [-0.3, -0.25) is 4.79 Å². The molecule has 2 heterocycles. The van der Waals surface area contributed by atoms with Crippen LogP contribution in [0.1, 0.15) is 37.7 Å². The first kappa shape index (κ1) is 21.8. The molecule has 1 aromatic carbocycles. The maximum absolute atomic E-state index is 13.0. The van der Waals surface area contributed by atoms with Crippen LogP contribution in [0.4, 0.5) is 0 Å². The van der Waals surface area contributed by atoms with Crippen molar-refractivity contribution in [3.8, 4) is 5.69 Å². The molecule has 0 atom stereocenters. The number of rotatable bonds is 6. The molecule has 168 valence electrons. The van der Waals surface area contributed by atoms with Crippen LogP contribution in [0.2, 0.25) is 0 Å². The molecule has 1 aliphatic heterocycles. The second kappa shape index (κ2) is 9.41. The summed E-state index contributed by atoms with van der Waals surface area (Å²) in [4.78, 5) is 14.5. The quantitative estimate of drug-likeness (QED) is 0.650. The van der Waals surface area contributed by atoms with E-state index in [9.17, 15) is 13.2 Å². The van der Waals surface area contributed by atoms with Crippen molar-refractivity contribution < 1.29 is 13.2 Å². The van der Waals surface area contributed by atoms with Crippen LogP contribution in [0.5, 0.6) is 0 Å². The average Bonchev–Trinajstić information content (AvgIpc) is 3.35. The molecule has 1 amide bonds. The highest BCUT2D eigenvalue weighted by Crippen LogP contribution is 2.25. The monoisotopic (exact) mass is 447 g/mol. The Morgan fingerprint density at radius 3 is 2.35 bits per heavy atom. The van der Waals surface area contributed by atoms with E-state index < -0.39 is 10.2 Å². The third-order valence-electron chi connectivity index (χ3n) is 6.28. The van der Waals surface area contributed by atoms with Crippen LogP contribution in [0.15, 0.2) is 30.6 Å². The molecule has 0 spiro atoms. The van der Waals surface area contributed by atoms with Crippen molar-refractivity contribution in [2.45, 2.75) is 44.6 Å². The van der Waals surface area contributed by atoms with Gasteiger partial charge in [-0.1, -0.05) is 31.4 Å². The number of tetrazole rings is 1. The van der Waals surface area contributed by atoms with Crippen LogP contribution in [-0.4, -0.2) is 87.3 Å². The summed E-state index contributed by atoms with van der Waals surface area (Å²) in [6.07, 6.45) is 7.02. The molecule has 0 radical (unpaired) electrons. The van der Waals surface area contributed by atoms with Crippen molar-refractivity contribution in [2.24, 2.45) is 0 Å². The summed E-state index contributed by atoms with van der Waals surface area (Å²) in [7, 11) is -1.79. The lowest BCUT2D eigenvalue weighted by molar-refractivity contribution is -0.131. The van der Waals surface area contributed by atoms with E-state index in [-0.39, 0.29) is 18.4 Å². The molecule has 1 aliphatic carbocycles. The molecule has 2 fully saturated rings. The Hall–Kier alpha value is -2.37. The third kappa shape index (κ3) is 4.94. The number of aromatic nitrogens is 4. The molecule has 4 rings (SSSR count). The van der Waals surface area contributed by atoms with Crippen molar-refractivity contribution in [3.63, 3.8) is 0 Å². The SMILES string of the molecule is CN(C1CCCCC1)S(=O)(=O)N1CCN(C(=O)Cc2ccc(-n3cnnn3)cc2)CC1. The van der Waals surface area contributed by atoms with Crippen LogP contribution < -0.4 is 0 Å². The van der Waals surface area contributed by atoms with E-state index in [4.69, 9.17) is 0 Å². The Labute approximate surface area is 183 Å². The minimum absolute atomic E-state index is 0.00727. The summed E-state index contributed by atoms with van der Waals surface area (Å²) in [5.41, 5.74) is 1.72. The fourth-order valence-corrected chi connectivity index (χ4v) is 5.89. The van der Waals surface area contributed by atoms with Gasteiger partial charge < -0.3 is 4.90 Å². The van der Waals surface area contributed by atoms with E-state index in [0.717, 1.165) is 36.9 Å². The Balaban J connectivity index is 1.30. The summed E-state index contributed by atoms with van der Waals surface area (Å²) in [6.45, 7) is 1.51. The van der Waals surface area contributed by atoms with E-state index in [1.807, 2.05) is 24.3 Å². The zero-order chi connectivity index (χ0) is 21.8. The van der Waals surface area contributed by atoms with E-state index in [2.05, 4.69) is 15.5 Å². The van der Waals surface area contributed by atoms with Crippen LogP contribution in [0, 0.1) is 0 Å². The van der Waals surface area contributed by atoms with Crippen molar-refractivity contribution in [2.75, 3.05) is 33.2 Å². The minimum Gasteiger partial charge on any atom is -0.340 e. The fourth-order valence-electron chi connectivity index (χ4n) is 4.32. The van der Waals surface area contributed by atoms with Crippen molar-refractivity contribution in [1.29, 1.82) is 0 Å². The summed E-state index contributed by atoms with van der Waals surface area (Å²) in [6, 6.07) is 7.59. The van der Waals surface area contributed by atoms with Gasteiger partial charge in [0.15, 0.2) is 0 Å². The molecular formula is C20H29N7O3S. The van der Waals surface area contributed by atoms with Gasteiger partial charge in [0.2, 0.25) is 5.91 Å². The Morgan fingerprint density at radius 2 is 1.74 bits per heavy atom. The zero-order valence-corrected chi connectivity index (χ0v) is 18.6. The smallest absolute Gasteiger partial charge is 0.282 e. The van der Waals surface area contributed by atoms with E-state index >= 15 is 0 Å². The normalized spacial score (nSPS) is 19.1. The minimum atomic E-state index is -3.49. The molecule has 1 saturated heterocycles. The van der Waals surface area contributed by atoms with Crippen LogP contribution in [0.3, 0.4) is 0 Å². The number of benzene rings is 1. The van der Waals surface area contributed by atoms with Gasteiger partial charge >= 0.3 is 0 Å². The summed E-state index contributed by atoms with van der Waals surface area (Å²) < 4.78 is 30.7. The molecule has 0 bridgehead atoms. The second-order valence-corrected chi connectivity index (χ2v) is 10.2. The van der Waals surface area contributed by atoms with Crippen LogP contribution >= 0.6 is 0 Å². The number of amides is 1. The van der Waals surface area contributed by atoms with Crippen molar-refractivity contribution >= 4 is 16.1 Å². The number of piperazine rings is 1. The van der Waals surface area contributed by atoms with Gasteiger partial charge in [-0.05, 0) is 41.0 Å². The molecule has 0 unspecified atom stereocenters. The van der Waals surface area contributed by atoms with Gasteiger partial charge in [0.05, 0.1) is 12.1 Å². The van der Waals surface area contributed by atoms with E-state index in [0.29, 0.717) is 26.2 Å². The van der Waals surface area contributed by atoms with Crippen molar-refractivity contribution in [3.05, 3.63) is 36.2 Å². The van der Waals surface area contributed by atoms with Gasteiger partial charge in [0.1, 0.15) is 6.33 Å². The first-order valence-electron chi connectivity index (χ1n) is 10.8. The first-order chi connectivity index (χ1) is 14.9. The molecule has 11 heteroatoms. The zero-order valence-electron chi connectivity index (χ0n) is 17.8. The standard InChI is InChI=1S/C20H29N7O3S/c1-24(18-5-3-2-4-6-18)31(29,30)26-13-11-25(12-14-26)20(28)15-17-7-9-19(10-8-17)27-16-21-22-23-27/h7-10,16,18H,2-6,11-15H2,1H3. The molecule has 1 aromatic heterocycles. The molecule has 0 N–H and O–H groups in total. The van der Waals surface area contributed by atoms with E-state index in [1.165, 1.54) is 17.1 Å². The van der Waals surface area contributed by atoms with Gasteiger partial charge in [-0.25, -0.2) is 4.68 Å². The molecule has 31 heavy (non-hydrogen) atoms. The highest BCUT2D eigenvalue weighted by Gasteiger charge is 2.35. The lowest BCUT2D eigenvalue weighted by Gasteiger charge is -2.38. The number of hydrogen-bond acceptors (Lipinski definition) is 6. The lowest BCUT2D eigenvalue weighted by atomic mass is 9.96. The highest BCUT2D eigenvalue weighted by molar-refractivity contribution is 7.86. The number of carbonyl (C=O) groups excluding carboxylic acids is 1. The number of carbonyl (C=O) groups is 1. The highest BCUT2D eigenvalue weighted by atomic mass is 32.2. The largest absolute Gasteiger partial charge is 0.340 e. The van der Waals surface area contributed by atoms with Gasteiger partial charge in [0, 0.05) is 39.3 Å². The van der Waals surface area contributed by atoms with Gasteiger partial charge in [-0.2, -0.15) is 17.0 Å². The Kier molecular flexibility index (Phi) is 6.63. The fraction of sp³-hybridized carbons (Fsp3) is 0.600. The second-order valence-electron chi connectivity index (χ2n) is 8.19. The predicted octanol–water partition coefficient (Wildman–Crippen LogP) is 0.858. The van der Waals surface area contributed by atoms with Gasteiger partial charge in [0.25, 0.3) is 10.2 Å². The maximum atomic E-state index is 13.0. The maximum Gasteiger partial charge on any atom is 0.282 e. The van der Waals surface area contributed by atoms with Crippen molar-refractivity contribution in [1.82, 2.24) is 33.7 Å². The number of hydrogen-bond donors (Lipinski definition) is 0. The first-order valence-corrected chi connectivity index (χ1v) is 12.2. The average molecular weight is 448 g/mol. The topological polar surface area (TPSA) is 105 Å². The summed E-state index contributed by atoms with van der Waals surface area (Å²) in [5, 5.41) is 11.1. The molecule has 1 saturated carbocycles. The molecule has 2 aliphatic rings. The summed E-state index contributed by atoms with van der Waals surface area (Å²) in [5.74, 6) is 0.00727. The third-order valence-corrected chi connectivity index (χ3v) is 8.32. The molecule has 2 aromatic rings. The summed E-state index contributed by atoms with van der Waals surface area (Å²) >= 11 is 0. The molecule has 10 nitrogen and oxygen atoms in total. The number of nitrogens with zero attached hydrogens (tertiary/aromatic N) is 7. The van der Waals surface area contributed by atoms with Gasteiger partial charge in [-0.15, -0.1) is 5.10 Å².